The van der Waals surface area contributed by atoms with E-state index in [1.54, 1.807) is 0 Å². The zero-order valence-electron chi connectivity index (χ0n) is 13.6. The number of methoxy groups -OCH3 is 1. The first-order chi connectivity index (χ1) is 9.88. The van der Waals surface area contributed by atoms with Crippen molar-refractivity contribution in [3.63, 3.8) is 0 Å². The molecule has 1 aromatic rings. The van der Waals surface area contributed by atoms with Crippen molar-refractivity contribution in [2.75, 3.05) is 7.11 Å². The van der Waals surface area contributed by atoms with E-state index in [2.05, 4.69) is 12.2 Å². The average Bonchev–Trinajstić information content (AvgIpc) is 2.48. The molecule has 0 amide bonds. The highest BCUT2D eigenvalue weighted by Crippen LogP contribution is 2.22. The van der Waals surface area contributed by atoms with Gasteiger partial charge in [-0.3, -0.25) is 4.79 Å². The average molecular weight is 293 g/mol. The number of carbonyl (C=O) groups excluding carboxylic acids is 1. The van der Waals surface area contributed by atoms with Gasteiger partial charge in [-0.15, -0.1) is 0 Å². The highest BCUT2D eigenvalue weighted by atomic mass is 16.5. The largest absolute Gasteiger partial charge is 0.469 e. The van der Waals surface area contributed by atoms with Gasteiger partial charge in [0.2, 0.25) is 0 Å². The standard InChI is InChI=1S/C17H27NO3/c1-6-13(4)18-15(10-16(19)21-5)17(20)14-8-7-11(2)12(3)9-14/h7-9,13,15,17-18,20H,6,10H2,1-5H3. The van der Waals surface area contributed by atoms with E-state index in [-0.39, 0.29) is 24.5 Å². The van der Waals surface area contributed by atoms with Crippen LogP contribution in [0.15, 0.2) is 18.2 Å². The second-order valence-corrected chi connectivity index (χ2v) is 5.65. The third kappa shape index (κ3) is 5.14. The second kappa shape index (κ2) is 8.15. The van der Waals surface area contributed by atoms with Gasteiger partial charge in [-0.2, -0.15) is 0 Å². The fraction of sp³-hybridized carbons (Fsp3) is 0.588. The summed E-state index contributed by atoms with van der Waals surface area (Å²) in [4.78, 5) is 11.6. The number of aliphatic hydroxyl groups excluding tert-OH is 1. The highest BCUT2D eigenvalue weighted by Gasteiger charge is 2.25. The van der Waals surface area contributed by atoms with Crippen molar-refractivity contribution < 1.29 is 14.6 Å². The summed E-state index contributed by atoms with van der Waals surface area (Å²) in [6, 6.07) is 5.75. The van der Waals surface area contributed by atoms with Gasteiger partial charge in [-0.1, -0.05) is 25.1 Å². The lowest BCUT2D eigenvalue weighted by atomic mass is 9.96. The van der Waals surface area contributed by atoms with Crippen molar-refractivity contribution in [1.29, 1.82) is 0 Å². The first-order valence-electron chi connectivity index (χ1n) is 7.47. The number of aliphatic hydroxyl groups is 1. The molecule has 4 nitrogen and oxygen atoms in total. The summed E-state index contributed by atoms with van der Waals surface area (Å²) in [6.07, 6.45) is 0.337. The zero-order chi connectivity index (χ0) is 16.0. The van der Waals surface area contributed by atoms with Crippen LogP contribution in [0.2, 0.25) is 0 Å². The zero-order valence-corrected chi connectivity index (χ0v) is 13.6. The molecular formula is C17H27NO3. The van der Waals surface area contributed by atoms with E-state index in [4.69, 9.17) is 4.74 Å². The van der Waals surface area contributed by atoms with Gasteiger partial charge in [0.15, 0.2) is 0 Å². The minimum absolute atomic E-state index is 0.148. The van der Waals surface area contributed by atoms with E-state index in [9.17, 15) is 9.90 Å². The molecule has 0 fully saturated rings. The number of hydrogen-bond donors (Lipinski definition) is 2. The van der Waals surface area contributed by atoms with Gasteiger partial charge in [0, 0.05) is 12.1 Å². The van der Waals surface area contributed by atoms with Gasteiger partial charge in [-0.25, -0.2) is 0 Å². The number of aryl methyl sites for hydroxylation is 2. The minimum Gasteiger partial charge on any atom is -0.469 e. The smallest absolute Gasteiger partial charge is 0.307 e. The molecular weight excluding hydrogens is 266 g/mol. The van der Waals surface area contributed by atoms with Crippen LogP contribution in [0.3, 0.4) is 0 Å². The van der Waals surface area contributed by atoms with Crippen LogP contribution in [0.4, 0.5) is 0 Å². The fourth-order valence-electron chi connectivity index (χ4n) is 2.19. The van der Waals surface area contributed by atoms with Gasteiger partial charge in [0.1, 0.15) is 0 Å². The Hall–Kier alpha value is -1.39. The SMILES string of the molecule is CCC(C)NC(CC(=O)OC)C(O)c1ccc(C)c(C)c1. The number of carbonyl (C=O) groups is 1. The van der Waals surface area contributed by atoms with E-state index in [0.717, 1.165) is 17.5 Å². The summed E-state index contributed by atoms with van der Waals surface area (Å²) < 4.78 is 4.73. The topological polar surface area (TPSA) is 58.6 Å². The Morgan fingerprint density at radius 2 is 2.00 bits per heavy atom. The Morgan fingerprint density at radius 3 is 2.52 bits per heavy atom. The van der Waals surface area contributed by atoms with E-state index in [1.165, 1.54) is 12.7 Å². The Kier molecular flexibility index (Phi) is 6.85. The number of ether oxygens (including phenoxy) is 1. The highest BCUT2D eigenvalue weighted by molar-refractivity contribution is 5.70. The predicted molar refractivity (Wildman–Crippen MR) is 84.2 cm³/mol. The normalized spacial score (nSPS) is 15.3. The molecule has 1 rings (SSSR count). The van der Waals surface area contributed by atoms with Crippen LogP contribution in [0.1, 0.15) is 49.5 Å². The van der Waals surface area contributed by atoms with Crippen molar-refractivity contribution in [2.45, 2.75) is 58.7 Å². The minimum atomic E-state index is -0.739. The van der Waals surface area contributed by atoms with Crippen LogP contribution in [-0.4, -0.2) is 30.3 Å². The monoisotopic (exact) mass is 293 g/mol. The molecule has 1 aromatic carbocycles. The Balaban J connectivity index is 2.93. The first kappa shape index (κ1) is 17.7. The second-order valence-electron chi connectivity index (χ2n) is 5.65. The molecule has 0 aromatic heterocycles. The number of nitrogens with one attached hydrogen (secondary N) is 1. The van der Waals surface area contributed by atoms with Gasteiger partial charge < -0.3 is 15.2 Å². The maximum atomic E-state index is 11.6. The summed E-state index contributed by atoms with van der Waals surface area (Å²) in [5.41, 5.74) is 3.14. The van der Waals surface area contributed by atoms with Gasteiger partial charge in [0.25, 0.3) is 0 Å². The third-order valence-corrected chi connectivity index (χ3v) is 3.98. The van der Waals surface area contributed by atoms with E-state index in [1.807, 2.05) is 39.0 Å². The van der Waals surface area contributed by atoms with Crippen molar-refractivity contribution in [3.8, 4) is 0 Å². The Labute approximate surface area is 127 Å². The molecule has 0 aliphatic heterocycles. The Morgan fingerprint density at radius 1 is 1.33 bits per heavy atom. The molecule has 0 saturated heterocycles. The molecule has 118 valence electrons. The number of benzene rings is 1. The molecule has 3 atom stereocenters. The Bertz CT molecular complexity index is 473. The lowest BCUT2D eigenvalue weighted by Crippen LogP contribution is -2.42. The molecule has 0 heterocycles. The first-order valence-corrected chi connectivity index (χ1v) is 7.47. The molecule has 0 radical (unpaired) electrons. The van der Waals surface area contributed by atoms with Crippen molar-refractivity contribution in [3.05, 3.63) is 34.9 Å². The third-order valence-electron chi connectivity index (χ3n) is 3.98. The summed E-state index contributed by atoms with van der Waals surface area (Å²) in [7, 11) is 1.37. The van der Waals surface area contributed by atoms with E-state index < -0.39 is 6.10 Å². The van der Waals surface area contributed by atoms with E-state index >= 15 is 0 Å². The van der Waals surface area contributed by atoms with Crippen LogP contribution in [-0.2, 0) is 9.53 Å². The van der Waals surface area contributed by atoms with Crippen LogP contribution >= 0.6 is 0 Å². The summed E-state index contributed by atoms with van der Waals surface area (Å²) >= 11 is 0. The molecule has 3 unspecified atom stereocenters. The quantitative estimate of drug-likeness (QED) is 0.759. The van der Waals surface area contributed by atoms with Gasteiger partial charge >= 0.3 is 5.97 Å². The van der Waals surface area contributed by atoms with Crippen molar-refractivity contribution >= 4 is 5.97 Å². The number of rotatable bonds is 7. The summed E-state index contributed by atoms with van der Waals surface area (Å²) in [5, 5.41) is 13.9. The fourth-order valence-corrected chi connectivity index (χ4v) is 2.19. The molecule has 0 aliphatic rings. The molecule has 0 bridgehead atoms. The van der Waals surface area contributed by atoms with Gasteiger partial charge in [-0.05, 0) is 43.9 Å². The predicted octanol–water partition coefficient (Wildman–Crippen LogP) is 2.66. The number of esters is 1. The van der Waals surface area contributed by atoms with Crippen LogP contribution in [0, 0.1) is 13.8 Å². The molecule has 4 heteroatoms. The molecule has 21 heavy (non-hydrogen) atoms. The van der Waals surface area contributed by atoms with Crippen LogP contribution < -0.4 is 5.32 Å². The number of hydrogen-bond acceptors (Lipinski definition) is 4. The lowest BCUT2D eigenvalue weighted by molar-refractivity contribution is -0.142. The molecule has 0 aliphatic carbocycles. The molecule has 0 spiro atoms. The van der Waals surface area contributed by atoms with Crippen molar-refractivity contribution in [2.24, 2.45) is 0 Å². The molecule has 2 N–H and O–H groups in total. The maximum absolute atomic E-state index is 11.6. The van der Waals surface area contributed by atoms with E-state index in [0.29, 0.717) is 0 Å². The van der Waals surface area contributed by atoms with Crippen molar-refractivity contribution in [1.82, 2.24) is 5.32 Å². The summed E-state index contributed by atoms with van der Waals surface area (Å²) in [5.74, 6) is -0.321. The lowest BCUT2D eigenvalue weighted by Gasteiger charge is -2.27. The van der Waals surface area contributed by atoms with Gasteiger partial charge in [0.05, 0.1) is 19.6 Å². The summed E-state index contributed by atoms with van der Waals surface area (Å²) in [6.45, 7) is 8.16. The maximum Gasteiger partial charge on any atom is 0.307 e. The molecule has 0 saturated carbocycles. The van der Waals surface area contributed by atoms with Crippen LogP contribution in [0.5, 0.6) is 0 Å². The van der Waals surface area contributed by atoms with Crippen LogP contribution in [0.25, 0.3) is 0 Å².